The number of anilines is 1. The zero-order chi connectivity index (χ0) is 15.3. The van der Waals surface area contributed by atoms with Crippen LogP contribution in [0, 0.1) is 0 Å². The van der Waals surface area contributed by atoms with E-state index in [1.54, 1.807) is 10.9 Å². The molecule has 0 fully saturated rings. The van der Waals surface area contributed by atoms with Crippen LogP contribution in [0.4, 0.5) is 5.95 Å². The smallest absolute Gasteiger partial charge is 0.300 e. The van der Waals surface area contributed by atoms with Gasteiger partial charge in [-0.05, 0) is 0 Å². The molecule has 2 aromatic rings. The maximum atomic E-state index is 12.3. The Balaban J connectivity index is 2.84. The third-order valence-corrected chi connectivity index (χ3v) is 5.65. The second kappa shape index (κ2) is 4.55. The molecule has 0 aliphatic rings. The van der Waals surface area contributed by atoms with E-state index in [1.165, 1.54) is 0 Å². The Bertz CT molecular complexity index is 705. The van der Waals surface area contributed by atoms with Crippen LogP contribution in [-0.2, 0) is 7.05 Å². The fraction of sp³-hybridized carbons (Fsp3) is 0.583. The fourth-order valence-corrected chi connectivity index (χ4v) is 4.67. The molecule has 0 radical (unpaired) electrons. The molecule has 0 aliphatic carbocycles. The molecule has 110 valence electrons. The monoisotopic (exact) mass is 309 g/mol. The minimum atomic E-state index is -1.75. The Morgan fingerprint density at radius 3 is 2.25 bits per heavy atom. The van der Waals surface area contributed by atoms with Crippen LogP contribution in [0.25, 0.3) is 11.2 Å². The number of nitrogens with one attached hydrogen (secondary N) is 1. The summed E-state index contributed by atoms with van der Waals surface area (Å²) in [5.74, 6) is 0.680. The van der Waals surface area contributed by atoms with Crippen molar-refractivity contribution in [2.75, 3.05) is 4.98 Å². The first kappa shape index (κ1) is 15.0. The van der Waals surface area contributed by atoms with E-state index >= 15 is 0 Å². The first-order valence-corrected chi connectivity index (χ1v) is 13.7. The first-order chi connectivity index (χ1) is 9.00. The molecule has 0 aromatic carbocycles. The molecule has 0 aliphatic heterocycles. The third-order valence-electron chi connectivity index (χ3n) is 2.91. The third kappa shape index (κ3) is 2.71. The molecule has 0 atom stereocenters. The lowest BCUT2D eigenvalue weighted by Crippen LogP contribution is -2.42. The van der Waals surface area contributed by atoms with E-state index < -0.39 is 16.5 Å². The van der Waals surface area contributed by atoms with Crippen molar-refractivity contribution in [3.05, 3.63) is 16.7 Å². The van der Waals surface area contributed by atoms with E-state index in [0.717, 1.165) is 5.65 Å². The molecule has 2 heterocycles. The highest BCUT2D eigenvalue weighted by Gasteiger charge is 2.27. The molecule has 1 N–H and O–H groups in total. The first-order valence-electron chi connectivity index (χ1n) is 6.73. The highest BCUT2D eigenvalue weighted by Crippen LogP contribution is 2.20. The summed E-state index contributed by atoms with van der Waals surface area (Å²) >= 11 is 0. The number of hydrogen-bond donors (Lipinski definition) is 1. The number of nitrogens with zero attached hydrogens (tertiary/aromatic N) is 4. The Labute approximate surface area is 121 Å². The summed E-state index contributed by atoms with van der Waals surface area (Å²) in [7, 11) is -1.52. The van der Waals surface area contributed by atoms with Crippen molar-refractivity contribution >= 4 is 33.6 Å². The van der Waals surface area contributed by atoms with E-state index in [0.29, 0.717) is 11.5 Å². The number of aryl methyl sites for hydroxylation is 1. The molecule has 8 heteroatoms. The molecule has 0 saturated heterocycles. The van der Waals surface area contributed by atoms with Gasteiger partial charge in [0.15, 0.2) is 25.3 Å². The van der Waals surface area contributed by atoms with Gasteiger partial charge in [-0.25, -0.2) is 4.98 Å². The molecule has 20 heavy (non-hydrogen) atoms. The van der Waals surface area contributed by atoms with Crippen molar-refractivity contribution in [3.63, 3.8) is 0 Å². The van der Waals surface area contributed by atoms with E-state index in [1.807, 2.05) is 7.05 Å². The molecular formula is C12H23N5OSi2. The number of fused-ring (bicyclic) bond motifs is 1. The zero-order valence-electron chi connectivity index (χ0n) is 13.3. The summed E-state index contributed by atoms with van der Waals surface area (Å²) in [5.41, 5.74) is 1.11. The van der Waals surface area contributed by atoms with Gasteiger partial charge in [-0.2, -0.15) is 4.98 Å². The summed E-state index contributed by atoms with van der Waals surface area (Å²) in [4.78, 5) is 24.5. The molecular weight excluding hydrogens is 286 g/mol. The lowest BCUT2D eigenvalue weighted by Gasteiger charge is -2.28. The summed E-state index contributed by atoms with van der Waals surface area (Å²) in [6, 6.07) is 0. The Morgan fingerprint density at radius 1 is 1.15 bits per heavy atom. The van der Waals surface area contributed by atoms with Crippen LogP contribution in [0.2, 0.25) is 39.3 Å². The number of aromatic nitrogens is 4. The van der Waals surface area contributed by atoms with Crippen molar-refractivity contribution in [2.45, 2.75) is 39.3 Å². The Kier molecular flexibility index (Phi) is 3.41. The van der Waals surface area contributed by atoms with Crippen LogP contribution in [0.5, 0.6) is 0 Å². The highest BCUT2D eigenvalue weighted by atomic mass is 28.3. The van der Waals surface area contributed by atoms with E-state index in [-0.39, 0.29) is 5.56 Å². The van der Waals surface area contributed by atoms with Gasteiger partial charge < -0.3 is 13.8 Å². The molecule has 0 saturated carbocycles. The van der Waals surface area contributed by atoms with Gasteiger partial charge in [-0.15, -0.1) is 0 Å². The zero-order valence-corrected chi connectivity index (χ0v) is 15.3. The van der Waals surface area contributed by atoms with Gasteiger partial charge in [0.05, 0.1) is 6.33 Å². The van der Waals surface area contributed by atoms with Crippen molar-refractivity contribution in [1.82, 2.24) is 18.8 Å². The molecule has 2 rings (SSSR count). The van der Waals surface area contributed by atoms with Crippen LogP contribution in [0.15, 0.2) is 11.1 Å². The summed E-state index contributed by atoms with van der Waals surface area (Å²) in [5, 5.41) is 0. The maximum Gasteiger partial charge on any atom is 0.300 e. The van der Waals surface area contributed by atoms with Gasteiger partial charge in [-0.3, -0.25) is 4.79 Å². The molecule has 0 amide bonds. The van der Waals surface area contributed by atoms with Crippen molar-refractivity contribution in [1.29, 1.82) is 0 Å². The van der Waals surface area contributed by atoms with Gasteiger partial charge in [-0.1, -0.05) is 39.3 Å². The van der Waals surface area contributed by atoms with Crippen LogP contribution >= 0.6 is 0 Å². The largest absolute Gasteiger partial charge is 0.382 e. The lowest BCUT2D eigenvalue weighted by molar-refractivity contribution is 0.937. The Morgan fingerprint density at radius 2 is 1.75 bits per heavy atom. The predicted octanol–water partition coefficient (Wildman–Crippen LogP) is 2.06. The molecule has 0 unspecified atom stereocenters. The predicted molar refractivity (Wildman–Crippen MR) is 88.5 cm³/mol. The van der Waals surface area contributed by atoms with Gasteiger partial charge in [0.25, 0.3) is 0 Å². The van der Waals surface area contributed by atoms with Crippen LogP contribution < -0.4 is 10.5 Å². The molecule has 2 aromatic heterocycles. The second-order valence-corrected chi connectivity index (χ2v) is 16.7. The highest BCUT2D eigenvalue weighted by molar-refractivity contribution is 6.80. The van der Waals surface area contributed by atoms with Gasteiger partial charge in [0.1, 0.15) is 8.24 Å². The minimum Gasteiger partial charge on any atom is -0.382 e. The van der Waals surface area contributed by atoms with Crippen LogP contribution in [-0.4, -0.2) is 35.2 Å². The van der Waals surface area contributed by atoms with Crippen molar-refractivity contribution in [3.8, 4) is 0 Å². The average Bonchev–Trinajstić information content (AvgIpc) is 2.56. The van der Waals surface area contributed by atoms with Crippen LogP contribution in [0.3, 0.4) is 0 Å². The van der Waals surface area contributed by atoms with Gasteiger partial charge in [0.2, 0.25) is 0 Å². The lowest BCUT2D eigenvalue weighted by atomic mass is 10.5. The quantitative estimate of drug-likeness (QED) is 0.882. The minimum absolute atomic E-state index is 0.213. The normalized spacial score (nSPS) is 12.9. The van der Waals surface area contributed by atoms with E-state index in [9.17, 15) is 4.79 Å². The summed E-state index contributed by atoms with van der Waals surface area (Å²) < 4.78 is 3.90. The van der Waals surface area contributed by atoms with Gasteiger partial charge in [0, 0.05) is 7.05 Å². The topological polar surface area (TPSA) is 64.7 Å². The van der Waals surface area contributed by atoms with Crippen LogP contribution in [0.1, 0.15) is 0 Å². The number of imidazole rings is 1. The molecule has 6 nitrogen and oxygen atoms in total. The van der Waals surface area contributed by atoms with Gasteiger partial charge >= 0.3 is 5.56 Å². The maximum absolute atomic E-state index is 12.3. The standard InChI is InChI=1S/C12H23N5OSi2/c1-16-8-13-10-9(16)11(18)14-12(15-19(2,3)4)17(10)20(5,6)7/h8H,1-7H3,(H,14,15,18). The molecule has 0 spiro atoms. The van der Waals surface area contributed by atoms with Crippen molar-refractivity contribution in [2.24, 2.45) is 7.05 Å². The van der Waals surface area contributed by atoms with E-state index in [4.69, 9.17) is 0 Å². The van der Waals surface area contributed by atoms with Crippen molar-refractivity contribution < 1.29 is 0 Å². The summed E-state index contributed by atoms with van der Waals surface area (Å²) in [6.07, 6.45) is 1.68. The average molecular weight is 310 g/mol. The molecule has 0 bridgehead atoms. The number of hydrogen-bond acceptors (Lipinski definition) is 4. The number of rotatable bonds is 3. The fourth-order valence-electron chi connectivity index (χ4n) is 2.18. The SMILES string of the molecule is Cn1cnc2c1c(=O)nc(N[Si](C)(C)C)n2[Si](C)(C)C. The summed E-state index contributed by atoms with van der Waals surface area (Å²) in [6.45, 7) is 13.2. The second-order valence-electron chi connectivity index (χ2n) is 7.15. The van der Waals surface area contributed by atoms with E-state index in [2.05, 4.69) is 58.5 Å². The Hall–Kier alpha value is -1.42.